The van der Waals surface area contributed by atoms with Crippen molar-refractivity contribution < 1.29 is 31.1 Å². The Hall–Kier alpha value is -4.26. The highest BCUT2D eigenvalue weighted by Gasteiger charge is 2.37. The van der Waals surface area contributed by atoms with Gasteiger partial charge in [0.05, 0.1) is 27.6 Å². The van der Waals surface area contributed by atoms with E-state index in [0.29, 0.717) is 53.2 Å². The van der Waals surface area contributed by atoms with Gasteiger partial charge in [-0.2, -0.15) is 18.3 Å². The molecule has 2 aliphatic heterocycles. The molecule has 6 rings (SSSR count). The number of carbonyl (C=O) groups excluding carboxylic acids is 1. The molecule has 0 bridgehead atoms. The van der Waals surface area contributed by atoms with Crippen LogP contribution in [-0.2, 0) is 12.6 Å². The Balaban J connectivity index is 1.26. The van der Waals surface area contributed by atoms with Crippen LogP contribution in [0.3, 0.4) is 0 Å². The van der Waals surface area contributed by atoms with Crippen LogP contribution in [0.2, 0.25) is 0 Å². The summed E-state index contributed by atoms with van der Waals surface area (Å²) in [4.78, 5) is 21.3. The zero-order chi connectivity index (χ0) is 29.8. The van der Waals surface area contributed by atoms with Crippen LogP contribution in [0.1, 0.15) is 34.5 Å². The molecule has 13 heteroatoms. The molecule has 1 saturated heterocycles. The van der Waals surface area contributed by atoms with Crippen LogP contribution < -0.4 is 4.90 Å². The molecule has 42 heavy (non-hydrogen) atoms. The molecule has 0 unspecified atom stereocenters. The highest BCUT2D eigenvalue weighted by Crippen LogP contribution is 2.38. The molecule has 216 valence electrons. The lowest BCUT2D eigenvalue weighted by Gasteiger charge is -2.37. The third kappa shape index (κ3) is 4.91. The molecular weight excluding hydrogens is 580 g/mol. The van der Waals surface area contributed by atoms with E-state index in [1.165, 1.54) is 29.2 Å². The molecule has 0 atom stereocenters. The minimum absolute atomic E-state index is 0.00256. The fraction of sp³-hybridized carbons (Fsp3) is 0.241. The Morgan fingerprint density at radius 2 is 1.74 bits per heavy atom. The molecule has 1 amide bonds. The molecule has 0 spiro atoms. The van der Waals surface area contributed by atoms with E-state index in [0.717, 1.165) is 12.1 Å². The lowest BCUT2D eigenvalue weighted by Crippen LogP contribution is -2.48. The molecule has 0 radical (unpaired) electrons. The van der Waals surface area contributed by atoms with Crippen LogP contribution in [0, 0.1) is 17.5 Å². The monoisotopic (exact) mass is 601 g/mol. The summed E-state index contributed by atoms with van der Waals surface area (Å²) in [6.45, 7) is 0.553. The van der Waals surface area contributed by atoms with Crippen molar-refractivity contribution in [1.82, 2.24) is 19.7 Å². The van der Waals surface area contributed by atoms with Gasteiger partial charge in [0.2, 0.25) is 0 Å². The van der Waals surface area contributed by atoms with Crippen LogP contribution in [0.4, 0.5) is 32.0 Å². The number of likely N-dealkylation sites (tertiary alicyclic amines) is 1. The number of nitrogens with zero attached hydrogens (tertiary/aromatic N) is 5. The van der Waals surface area contributed by atoms with Crippen LogP contribution in [-0.4, -0.2) is 49.7 Å². The molecule has 2 aliphatic rings. The van der Waals surface area contributed by atoms with Crippen molar-refractivity contribution in [2.75, 3.05) is 18.0 Å². The van der Waals surface area contributed by atoms with E-state index in [2.05, 4.69) is 10.1 Å². The number of aromatic nitrogens is 3. The maximum atomic E-state index is 14.7. The number of pyridine rings is 1. The number of piperidine rings is 1. The number of rotatable bonds is 4. The maximum Gasteiger partial charge on any atom is 0.419 e. The average Bonchev–Trinajstić information content (AvgIpc) is 3.56. The third-order valence-electron chi connectivity index (χ3n) is 7.51. The lowest BCUT2D eigenvalue weighted by molar-refractivity contribution is -0.140. The van der Waals surface area contributed by atoms with Gasteiger partial charge in [-0.25, -0.2) is 17.9 Å². The molecule has 0 aliphatic carbocycles. The maximum absolute atomic E-state index is 14.7. The predicted molar refractivity (Wildman–Crippen MR) is 146 cm³/mol. The smallest absolute Gasteiger partial charge is 0.337 e. The molecule has 2 aromatic carbocycles. The number of anilines is 1. The second kappa shape index (κ2) is 10.5. The zero-order valence-electron chi connectivity index (χ0n) is 21.7. The Morgan fingerprint density at radius 1 is 0.976 bits per heavy atom. The van der Waals surface area contributed by atoms with Crippen molar-refractivity contribution in [2.24, 2.45) is 0 Å². The van der Waals surface area contributed by atoms with Crippen LogP contribution in [0.15, 0.2) is 60.9 Å². The average molecular weight is 602 g/mol. The topological polar surface area (TPSA) is 54.3 Å². The summed E-state index contributed by atoms with van der Waals surface area (Å²) < 4.78 is 83.7. The van der Waals surface area contributed by atoms with Gasteiger partial charge in [0.15, 0.2) is 17.3 Å². The van der Waals surface area contributed by atoms with Gasteiger partial charge >= 0.3 is 6.18 Å². The van der Waals surface area contributed by atoms with Gasteiger partial charge in [-0.05, 0) is 54.8 Å². The van der Waals surface area contributed by atoms with E-state index in [9.17, 15) is 31.1 Å². The Kier molecular flexibility index (Phi) is 7.00. The van der Waals surface area contributed by atoms with Gasteiger partial charge in [-0.3, -0.25) is 9.78 Å². The molecular formula is C29H21F6N5OS. The molecule has 4 heterocycles. The molecule has 1 fully saturated rings. The van der Waals surface area contributed by atoms with Crippen LogP contribution in [0.5, 0.6) is 0 Å². The van der Waals surface area contributed by atoms with Gasteiger partial charge in [0.25, 0.3) is 5.91 Å². The highest BCUT2D eigenvalue weighted by molar-refractivity contribution is 7.80. The van der Waals surface area contributed by atoms with Crippen LogP contribution in [0.25, 0.3) is 16.9 Å². The number of carbonyl (C=O) groups is 1. The van der Waals surface area contributed by atoms with Crippen molar-refractivity contribution in [1.29, 1.82) is 0 Å². The summed E-state index contributed by atoms with van der Waals surface area (Å²) in [5, 5.41) is 4.35. The van der Waals surface area contributed by atoms with E-state index < -0.39 is 35.1 Å². The highest BCUT2D eigenvalue weighted by atomic mass is 32.1. The minimum Gasteiger partial charge on any atom is -0.337 e. The first kappa shape index (κ1) is 27.9. The standard InChI is InChI=1S/C29H21F6N5OS/c30-21-6-3-16-12-25(42)39(27(16)26(21)32)18-7-10-38(11-8-18)28(41)23-14-24(17-2-1-9-36-15-17)40(37-23)19-4-5-20(22(31)13-19)29(33,34)35/h1-6,9,13-15,18H,7-8,10-12H2. The number of fused-ring (bicyclic) bond motifs is 1. The number of thiocarbonyl (C=S) groups is 1. The summed E-state index contributed by atoms with van der Waals surface area (Å²) in [7, 11) is 0. The van der Waals surface area contributed by atoms with E-state index in [4.69, 9.17) is 12.2 Å². The van der Waals surface area contributed by atoms with Crippen molar-refractivity contribution in [3.8, 4) is 16.9 Å². The van der Waals surface area contributed by atoms with Gasteiger partial charge in [0, 0.05) is 49.6 Å². The fourth-order valence-electron chi connectivity index (χ4n) is 5.50. The molecule has 0 saturated carbocycles. The minimum atomic E-state index is -4.87. The molecule has 0 N–H and O–H groups in total. The van der Waals surface area contributed by atoms with E-state index in [1.54, 1.807) is 21.9 Å². The van der Waals surface area contributed by atoms with Gasteiger partial charge in [-0.15, -0.1) is 0 Å². The van der Waals surface area contributed by atoms with Gasteiger partial charge < -0.3 is 9.80 Å². The van der Waals surface area contributed by atoms with Gasteiger partial charge in [-0.1, -0.05) is 18.3 Å². The van der Waals surface area contributed by atoms with E-state index in [-0.39, 0.29) is 36.2 Å². The molecule has 4 aromatic rings. The summed E-state index contributed by atoms with van der Waals surface area (Å²) in [5.74, 6) is -3.81. The number of alkyl halides is 3. The second-order valence-electron chi connectivity index (χ2n) is 10.1. The quantitative estimate of drug-likeness (QED) is 0.201. The zero-order valence-corrected chi connectivity index (χ0v) is 22.5. The van der Waals surface area contributed by atoms with E-state index >= 15 is 0 Å². The Labute approximate surface area is 241 Å². The van der Waals surface area contributed by atoms with Gasteiger partial charge in [0.1, 0.15) is 5.82 Å². The summed E-state index contributed by atoms with van der Waals surface area (Å²) in [5.41, 5.74) is 0.188. The van der Waals surface area contributed by atoms with Crippen molar-refractivity contribution >= 4 is 28.8 Å². The van der Waals surface area contributed by atoms with Crippen molar-refractivity contribution in [2.45, 2.75) is 31.5 Å². The number of halogens is 6. The number of hydrogen-bond acceptors (Lipinski definition) is 4. The lowest BCUT2D eigenvalue weighted by atomic mass is 10.0. The molecule has 2 aromatic heterocycles. The first-order valence-electron chi connectivity index (χ1n) is 13.0. The third-order valence-corrected chi connectivity index (χ3v) is 7.85. The summed E-state index contributed by atoms with van der Waals surface area (Å²) >= 11 is 5.48. The summed E-state index contributed by atoms with van der Waals surface area (Å²) in [6, 6.07) is 9.59. The predicted octanol–water partition coefficient (Wildman–Crippen LogP) is 6.37. The Bertz CT molecular complexity index is 1700. The second-order valence-corrected chi connectivity index (χ2v) is 10.5. The largest absolute Gasteiger partial charge is 0.419 e. The number of amides is 1. The van der Waals surface area contributed by atoms with E-state index in [1.807, 2.05) is 0 Å². The van der Waals surface area contributed by atoms with Crippen molar-refractivity contribution in [3.05, 3.63) is 95.2 Å². The fourth-order valence-corrected chi connectivity index (χ4v) is 5.90. The summed E-state index contributed by atoms with van der Waals surface area (Å²) in [6.07, 6.45) is -0.647. The Morgan fingerprint density at radius 3 is 2.40 bits per heavy atom. The number of hydrogen-bond donors (Lipinski definition) is 0. The van der Waals surface area contributed by atoms with Crippen LogP contribution >= 0.6 is 12.2 Å². The molecule has 6 nitrogen and oxygen atoms in total. The first-order chi connectivity index (χ1) is 20.0. The SMILES string of the molecule is O=C(c1cc(-c2cccnc2)n(-c2ccc(C(F)(F)F)c(F)c2)n1)N1CCC(N2C(=S)Cc3ccc(F)c(F)c32)CC1. The first-order valence-corrected chi connectivity index (χ1v) is 13.4. The number of benzene rings is 2. The van der Waals surface area contributed by atoms with Crippen molar-refractivity contribution in [3.63, 3.8) is 0 Å². The normalized spacial score (nSPS) is 15.8.